The van der Waals surface area contributed by atoms with Crippen molar-refractivity contribution in [3.05, 3.63) is 39.9 Å². The fourth-order valence-corrected chi connectivity index (χ4v) is 2.35. The maximum Gasteiger partial charge on any atom is 0.262 e. The van der Waals surface area contributed by atoms with Crippen LogP contribution in [0, 0.1) is 6.92 Å². The molecular formula is C11H13N5O4S. The van der Waals surface area contributed by atoms with Gasteiger partial charge in [0.15, 0.2) is 11.2 Å². The Hall–Kier alpha value is -2.46. The molecule has 0 fully saturated rings. The zero-order valence-electron chi connectivity index (χ0n) is 11.2. The number of H-pyrrole nitrogens is 1. The van der Waals surface area contributed by atoms with Crippen LogP contribution in [0.3, 0.4) is 0 Å². The van der Waals surface area contributed by atoms with E-state index in [0.29, 0.717) is 5.69 Å². The molecule has 0 radical (unpaired) electrons. The summed E-state index contributed by atoms with van der Waals surface area (Å²) in [6.45, 7) is 1.67. The van der Waals surface area contributed by atoms with Gasteiger partial charge >= 0.3 is 0 Å². The van der Waals surface area contributed by atoms with E-state index in [2.05, 4.69) is 15.4 Å². The summed E-state index contributed by atoms with van der Waals surface area (Å²) in [5.74, 6) is -1.01. The minimum Gasteiger partial charge on any atom is -0.364 e. The molecule has 2 rings (SSSR count). The summed E-state index contributed by atoms with van der Waals surface area (Å²) in [5, 5.41) is 11.1. The number of pyridine rings is 1. The quantitative estimate of drug-likeness (QED) is 0.688. The average Bonchev–Trinajstić information content (AvgIpc) is 2.69. The van der Waals surface area contributed by atoms with Gasteiger partial charge < -0.3 is 10.3 Å². The molecule has 0 aliphatic heterocycles. The van der Waals surface area contributed by atoms with Crippen LogP contribution in [0.2, 0.25) is 0 Å². The Morgan fingerprint density at radius 1 is 1.48 bits per heavy atom. The number of aryl methyl sites for hydroxylation is 2. The topological polar surface area (TPSA) is 140 Å². The van der Waals surface area contributed by atoms with Gasteiger partial charge in [-0.15, -0.1) is 0 Å². The second kappa shape index (κ2) is 5.14. The molecule has 21 heavy (non-hydrogen) atoms. The smallest absolute Gasteiger partial charge is 0.262 e. The van der Waals surface area contributed by atoms with E-state index in [1.807, 2.05) is 0 Å². The number of amides is 1. The summed E-state index contributed by atoms with van der Waals surface area (Å²) in [5.41, 5.74) is -0.0527. The number of nitrogens with one attached hydrogen (secondary N) is 2. The summed E-state index contributed by atoms with van der Waals surface area (Å²) >= 11 is 0. The first kappa shape index (κ1) is 14.9. The highest BCUT2D eigenvalue weighted by atomic mass is 32.2. The van der Waals surface area contributed by atoms with Crippen molar-refractivity contribution in [2.45, 2.75) is 11.8 Å². The summed E-state index contributed by atoms with van der Waals surface area (Å²) in [4.78, 5) is 26.1. The van der Waals surface area contributed by atoms with Crippen molar-refractivity contribution in [1.82, 2.24) is 14.8 Å². The molecule has 0 saturated heterocycles. The lowest BCUT2D eigenvalue weighted by Gasteiger charge is -2.03. The zero-order valence-corrected chi connectivity index (χ0v) is 12.1. The highest BCUT2D eigenvalue weighted by Crippen LogP contribution is 2.17. The average molecular weight is 311 g/mol. The second-order valence-corrected chi connectivity index (χ2v) is 5.94. The number of primary sulfonamides is 1. The van der Waals surface area contributed by atoms with Crippen LogP contribution in [-0.4, -0.2) is 29.1 Å². The van der Waals surface area contributed by atoms with Crippen molar-refractivity contribution in [3.63, 3.8) is 0 Å². The van der Waals surface area contributed by atoms with Crippen molar-refractivity contribution >= 4 is 21.7 Å². The van der Waals surface area contributed by atoms with E-state index in [-0.39, 0.29) is 16.3 Å². The number of aromatic nitrogens is 3. The number of hydrogen-bond acceptors (Lipinski definition) is 5. The van der Waals surface area contributed by atoms with Crippen LogP contribution in [0.4, 0.5) is 5.82 Å². The van der Waals surface area contributed by atoms with Gasteiger partial charge in [-0.3, -0.25) is 14.3 Å². The van der Waals surface area contributed by atoms with Gasteiger partial charge in [0.25, 0.3) is 5.91 Å². The molecule has 2 aromatic heterocycles. The molecule has 0 unspecified atom stereocenters. The molecule has 0 atom stereocenters. The van der Waals surface area contributed by atoms with Gasteiger partial charge in [0.1, 0.15) is 10.5 Å². The lowest BCUT2D eigenvalue weighted by atomic mass is 10.2. The Morgan fingerprint density at radius 3 is 2.71 bits per heavy atom. The van der Waals surface area contributed by atoms with Crippen LogP contribution in [0.15, 0.2) is 28.2 Å². The van der Waals surface area contributed by atoms with E-state index in [9.17, 15) is 18.0 Å². The van der Waals surface area contributed by atoms with Crippen molar-refractivity contribution in [3.8, 4) is 0 Å². The number of hydrogen-bond donors (Lipinski definition) is 3. The van der Waals surface area contributed by atoms with Crippen LogP contribution in [-0.2, 0) is 17.1 Å². The Balaban J connectivity index is 2.39. The van der Waals surface area contributed by atoms with E-state index >= 15 is 0 Å². The van der Waals surface area contributed by atoms with E-state index < -0.39 is 21.4 Å². The monoisotopic (exact) mass is 311 g/mol. The molecule has 0 aliphatic rings. The van der Waals surface area contributed by atoms with Gasteiger partial charge in [-0.1, -0.05) is 0 Å². The number of rotatable bonds is 3. The Bertz CT molecular complexity index is 865. The summed E-state index contributed by atoms with van der Waals surface area (Å²) in [6, 6.07) is 1.26. The van der Waals surface area contributed by atoms with Gasteiger partial charge in [0.05, 0.1) is 0 Å². The molecule has 0 aromatic carbocycles. The fourth-order valence-electron chi connectivity index (χ4n) is 1.69. The predicted molar refractivity (Wildman–Crippen MR) is 74.3 cm³/mol. The van der Waals surface area contributed by atoms with Gasteiger partial charge in [0, 0.05) is 31.2 Å². The zero-order chi connectivity index (χ0) is 15.8. The third-order valence-corrected chi connectivity index (χ3v) is 3.55. The molecule has 0 bridgehead atoms. The molecule has 4 N–H and O–H groups in total. The van der Waals surface area contributed by atoms with E-state index in [1.54, 1.807) is 6.92 Å². The highest BCUT2D eigenvalue weighted by molar-refractivity contribution is 7.89. The summed E-state index contributed by atoms with van der Waals surface area (Å²) < 4.78 is 24.0. The molecule has 10 heteroatoms. The normalized spacial score (nSPS) is 11.4. The first-order valence-electron chi connectivity index (χ1n) is 5.75. The molecule has 0 aliphatic carbocycles. The number of anilines is 1. The van der Waals surface area contributed by atoms with Gasteiger partial charge in [0.2, 0.25) is 10.0 Å². The molecule has 2 heterocycles. The maximum atomic E-state index is 12.0. The minimum absolute atomic E-state index is 0.161. The molecule has 1 amide bonds. The van der Waals surface area contributed by atoms with Gasteiger partial charge in [-0.25, -0.2) is 13.6 Å². The summed E-state index contributed by atoms with van der Waals surface area (Å²) in [6.07, 6.45) is 2.40. The maximum absolute atomic E-state index is 12.0. The van der Waals surface area contributed by atoms with Gasteiger partial charge in [-0.2, -0.15) is 5.10 Å². The third-order valence-electron chi connectivity index (χ3n) is 2.64. The van der Waals surface area contributed by atoms with E-state index in [0.717, 1.165) is 6.20 Å². The molecular weight excluding hydrogens is 298 g/mol. The standard InChI is InChI=1S/C11H13N5O4S/c1-6-3-8(17)7(4-13-6)11(18)14-10-9(21(12,19)20)5-16(2)15-10/h3-5H,1-2H3,(H,13,17)(H2,12,19,20)(H,14,15,18). The number of nitrogens with zero attached hydrogens (tertiary/aromatic N) is 2. The highest BCUT2D eigenvalue weighted by Gasteiger charge is 2.21. The van der Waals surface area contributed by atoms with Crippen molar-refractivity contribution in [2.75, 3.05) is 5.32 Å². The number of sulfonamides is 1. The molecule has 0 spiro atoms. The number of carbonyl (C=O) groups excluding carboxylic acids is 1. The number of nitrogens with two attached hydrogens (primary N) is 1. The molecule has 0 saturated carbocycles. The van der Waals surface area contributed by atoms with Crippen LogP contribution in [0.5, 0.6) is 0 Å². The number of carbonyl (C=O) groups is 1. The van der Waals surface area contributed by atoms with Gasteiger partial charge in [-0.05, 0) is 6.92 Å². The second-order valence-electron chi connectivity index (χ2n) is 4.41. The summed E-state index contributed by atoms with van der Waals surface area (Å²) in [7, 11) is -2.57. The third kappa shape index (κ3) is 3.17. The van der Waals surface area contributed by atoms with Crippen LogP contribution in [0.25, 0.3) is 0 Å². The van der Waals surface area contributed by atoms with Crippen molar-refractivity contribution in [1.29, 1.82) is 0 Å². The van der Waals surface area contributed by atoms with Crippen LogP contribution in [0.1, 0.15) is 16.1 Å². The van der Waals surface area contributed by atoms with Crippen LogP contribution < -0.4 is 15.9 Å². The Labute approximate surface area is 119 Å². The Morgan fingerprint density at radius 2 is 2.14 bits per heavy atom. The lowest BCUT2D eigenvalue weighted by Crippen LogP contribution is -2.23. The predicted octanol–water partition coefficient (Wildman–Crippen LogP) is -0.683. The largest absolute Gasteiger partial charge is 0.364 e. The minimum atomic E-state index is -4.04. The van der Waals surface area contributed by atoms with Crippen LogP contribution >= 0.6 is 0 Å². The first-order chi connectivity index (χ1) is 9.68. The molecule has 9 nitrogen and oxygen atoms in total. The SMILES string of the molecule is Cc1cc(=O)c(C(=O)Nc2nn(C)cc2S(N)(=O)=O)c[nH]1. The van der Waals surface area contributed by atoms with E-state index in [4.69, 9.17) is 5.14 Å². The number of aromatic amines is 1. The molecule has 2 aromatic rings. The van der Waals surface area contributed by atoms with E-state index in [1.165, 1.54) is 24.0 Å². The fraction of sp³-hybridized carbons (Fsp3) is 0.182. The lowest BCUT2D eigenvalue weighted by molar-refractivity contribution is 0.102. The molecule has 112 valence electrons. The first-order valence-corrected chi connectivity index (χ1v) is 7.30. The Kier molecular flexibility index (Phi) is 3.66. The van der Waals surface area contributed by atoms with Crippen molar-refractivity contribution in [2.24, 2.45) is 12.2 Å². The van der Waals surface area contributed by atoms with Crippen molar-refractivity contribution < 1.29 is 13.2 Å².